The smallest absolute Gasteiger partial charge is 0.359 e. The van der Waals surface area contributed by atoms with Crippen LogP contribution in [-0.2, 0) is 4.74 Å². The van der Waals surface area contributed by atoms with Gasteiger partial charge in [0.25, 0.3) is 0 Å². The number of para-hydroxylation sites is 1. The average Bonchev–Trinajstić information content (AvgIpc) is 3.51. The van der Waals surface area contributed by atoms with Crippen molar-refractivity contribution in [1.29, 1.82) is 0 Å². The highest BCUT2D eigenvalue weighted by atomic mass is 16.5. The van der Waals surface area contributed by atoms with E-state index < -0.39 is 5.97 Å². The van der Waals surface area contributed by atoms with E-state index in [1.54, 1.807) is 4.52 Å². The Bertz CT molecular complexity index is 1170. The third-order valence-electron chi connectivity index (χ3n) is 5.47. The zero-order chi connectivity index (χ0) is 20.5. The van der Waals surface area contributed by atoms with Crippen molar-refractivity contribution in [1.82, 2.24) is 19.9 Å². The van der Waals surface area contributed by atoms with Gasteiger partial charge in [-0.1, -0.05) is 18.2 Å². The van der Waals surface area contributed by atoms with Gasteiger partial charge in [-0.25, -0.2) is 14.3 Å². The Balaban J connectivity index is 1.53. The standard InChI is InChI=1S/C23H22N4O3/c1-29-23(28)21-20(26-22-19(14-25-27(21)22)16-11-12-24-13-16)15-7-9-18(10-8-15)30-17-5-3-2-4-6-17/h2-10,14,16,24-25H,11-13H2,1H3. The first-order valence-electron chi connectivity index (χ1n) is 9.96. The number of hydrogen-bond donors (Lipinski definition) is 2. The van der Waals surface area contributed by atoms with Crippen LogP contribution in [0.2, 0.25) is 0 Å². The number of nitrogens with one attached hydrogen (secondary N) is 2. The van der Waals surface area contributed by atoms with Crippen LogP contribution in [0.15, 0.2) is 60.8 Å². The number of aromatic nitrogens is 3. The number of ether oxygens (including phenoxy) is 2. The number of methoxy groups -OCH3 is 1. The number of aromatic amines is 1. The summed E-state index contributed by atoms with van der Waals surface area (Å²) in [5.41, 5.74) is 3.68. The molecule has 0 amide bonds. The van der Waals surface area contributed by atoms with Gasteiger partial charge in [0.1, 0.15) is 17.2 Å². The summed E-state index contributed by atoms with van der Waals surface area (Å²) in [7, 11) is 1.38. The predicted octanol–water partition coefficient (Wildman–Crippen LogP) is 3.99. The Kier molecular flexibility index (Phi) is 4.72. The molecule has 2 aromatic heterocycles. The Morgan fingerprint density at radius 2 is 1.87 bits per heavy atom. The molecule has 1 saturated heterocycles. The highest BCUT2D eigenvalue weighted by molar-refractivity contribution is 5.96. The van der Waals surface area contributed by atoms with Crippen LogP contribution in [0, 0.1) is 0 Å². The van der Waals surface area contributed by atoms with E-state index in [2.05, 4.69) is 10.4 Å². The molecule has 2 aromatic carbocycles. The topological polar surface area (TPSA) is 80.7 Å². The van der Waals surface area contributed by atoms with Crippen LogP contribution in [0.5, 0.6) is 11.5 Å². The molecule has 1 fully saturated rings. The first kappa shape index (κ1) is 18.4. The van der Waals surface area contributed by atoms with Crippen LogP contribution >= 0.6 is 0 Å². The molecule has 5 rings (SSSR count). The summed E-state index contributed by atoms with van der Waals surface area (Å²) >= 11 is 0. The minimum atomic E-state index is -0.431. The molecule has 1 aliphatic rings. The van der Waals surface area contributed by atoms with E-state index in [4.69, 9.17) is 14.5 Å². The quantitative estimate of drug-likeness (QED) is 0.494. The third-order valence-corrected chi connectivity index (χ3v) is 5.47. The molecule has 1 atom stereocenters. The predicted molar refractivity (Wildman–Crippen MR) is 113 cm³/mol. The largest absolute Gasteiger partial charge is 0.464 e. The molecule has 0 bridgehead atoms. The van der Waals surface area contributed by atoms with Gasteiger partial charge in [-0.15, -0.1) is 0 Å². The van der Waals surface area contributed by atoms with Crippen molar-refractivity contribution in [3.63, 3.8) is 0 Å². The lowest BCUT2D eigenvalue weighted by Gasteiger charge is -2.07. The van der Waals surface area contributed by atoms with Crippen molar-refractivity contribution in [2.24, 2.45) is 0 Å². The fourth-order valence-electron chi connectivity index (χ4n) is 3.95. The maximum atomic E-state index is 12.6. The Labute approximate surface area is 173 Å². The lowest BCUT2D eigenvalue weighted by Crippen LogP contribution is -2.08. The van der Waals surface area contributed by atoms with Crippen LogP contribution in [0.1, 0.15) is 28.4 Å². The second-order valence-corrected chi connectivity index (χ2v) is 7.32. The molecule has 7 nitrogen and oxygen atoms in total. The second-order valence-electron chi connectivity index (χ2n) is 7.32. The van der Waals surface area contributed by atoms with E-state index in [9.17, 15) is 4.79 Å². The fraction of sp³-hybridized carbons (Fsp3) is 0.217. The van der Waals surface area contributed by atoms with Crippen LogP contribution in [-0.4, -0.2) is 40.8 Å². The number of hydrogen-bond acceptors (Lipinski definition) is 5. The van der Waals surface area contributed by atoms with Gasteiger partial charge in [0, 0.05) is 29.8 Å². The number of carbonyl (C=O) groups excluding carboxylic acids is 1. The van der Waals surface area contributed by atoms with Crippen molar-refractivity contribution in [3.05, 3.63) is 72.1 Å². The van der Waals surface area contributed by atoms with E-state index >= 15 is 0 Å². The molecular formula is C23H22N4O3. The summed E-state index contributed by atoms with van der Waals surface area (Å²) in [5.74, 6) is 1.43. The third kappa shape index (κ3) is 3.23. The molecule has 7 heteroatoms. The lowest BCUT2D eigenvalue weighted by atomic mass is 10.0. The average molecular weight is 402 g/mol. The van der Waals surface area contributed by atoms with Crippen molar-refractivity contribution in [2.45, 2.75) is 12.3 Å². The molecule has 0 aliphatic carbocycles. The highest BCUT2D eigenvalue weighted by Crippen LogP contribution is 2.32. The number of benzene rings is 2. The Morgan fingerprint density at radius 3 is 2.57 bits per heavy atom. The summed E-state index contributed by atoms with van der Waals surface area (Å²) in [5, 5.41) is 6.57. The number of H-pyrrole nitrogens is 1. The molecule has 0 saturated carbocycles. The van der Waals surface area contributed by atoms with Crippen LogP contribution in [0.4, 0.5) is 0 Å². The van der Waals surface area contributed by atoms with E-state index in [1.807, 2.05) is 60.8 Å². The van der Waals surface area contributed by atoms with E-state index in [-0.39, 0.29) is 0 Å². The summed E-state index contributed by atoms with van der Waals surface area (Å²) in [4.78, 5) is 17.4. The van der Waals surface area contributed by atoms with Crippen molar-refractivity contribution >= 4 is 11.6 Å². The summed E-state index contributed by atoms with van der Waals surface area (Å²) < 4.78 is 12.6. The van der Waals surface area contributed by atoms with E-state index in [0.717, 1.165) is 42.0 Å². The van der Waals surface area contributed by atoms with Crippen LogP contribution in [0.25, 0.3) is 16.9 Å². The van der Waals surface area contributed by atoms with Gasteiger partial charge in [-0.2, -0.15) is 0 Å². The summed E-state index contributed by atoms with van der Waals surface area (Å²) in [6, 6.07) is 17.2. The fourth-order valence-corrected chi connectivity index (χ4v) is 3.95. The second kappa shape index (κ2) is 7.68. The van der Waals surface area contributed by atoms with Gasteiger partial charge in [0.05, 0.1) is 7.11 Å². The monoisotopic (exact) mass is 402 g/mol. The van der Waals surface area contributed by atoms with Crippen LogP contribution in [0.3, 0.4) is 0 Å². The molecule has 152 valence electrons. The molecule has 0 spiro atoms. The number of nitrogens with zero attached hydrogens (tertiary/aromatic N) is 2. The minimum absolute atomic E-state index is 0.376. The molecule has 0 radical (unpaired) electrons. The van der Waals surface area contributed by atoms with Crippen molar-refractivity contribution in [2.75, 3.05) is 20.2 Å². The maximum Gasteiger partial charge on any atom is 0.359 e. The lowest BCUT2D eigenvalue weighted by molar-refractivity contribution is 0.0592. The molecule has 30 heavy (non-hydrogen) atoms. The first-order chi connectivity index (χ1) is 14.7. The van der Waals surface area contributed by atoms with Crippen molar-refractivity contribution < 1.29 is 14.3 Å². The Morgan fingerprint density at radius 1 is 1.10 bits per heavy atom. The zero-order valence-corrected chi connectivity index (χ0v) is 16.6. The molecular weight excluding hydrogens is 380 g/mol. The molecule has 1 aliphatic heterocycles. The van der Waals surface area contributed by atoms with Gasteiger partial charge >= 0.3 is 5.97 Å². The number of esters is 1. The summed E-state index contributed by atoms with van der Waals surface area (Å²) in [6.45, 7) is 1.90. The number of rotatable bonds is 5. The van der Waals surface area contributed by atoms with Gasteiger partial charge in [0.2, 0.25) is 0 Å². The van der Waals surface area contributed by atoms with E-state index in [0.29, 0.717) is 23.1 Å². The maximum absolute atomic E-state index is 12.6. The first-order valence-corrected chi connectivity index (χ1v) is 9.96. The molecule has 2 N–H and O–H groups in total. The number of imidazole rings is 1. The number of carbonyl (C=O) groups is 1. The normalized spacial score (nSPS) is 16.1. The summed E-state index contributed by atoms with van der Waals surface area (Å²) in [6.07, 6.45) is 2.99. The zero-order valence-electron chi connectivity index (χ0n) is 16.6. The van der Waals surface area contributed by atoms with E-state index in [1.165, 1.54) is 7.11 Å². The molecule has 3 heterocycles. The van der Waals surface area contributed by atoms with Gasteiger partial charge < -0.3 is 14.8 Å². The Hall–Kier alpha value is -3.58. The van der Waals surface area contributed by atoms with Gasteiger partial charge in [-0.3, -0.25) is 5.10 Å². The van der Waals surface area contributed by atoms with Gasteiger partial charge in [0.15, 0.2) is 11.3 Å². The highest BCUT2D eigenvalue weighted by Gasteiger charge is 2.27. The van der Waals surface area contributed by atoms with Crippen LogP contribution < -0.4 is 10.1 Å². The molecule has 4 aromatic rings. The SMILES string of the molecule is COC(=O)c1c(-c2ccc(Oc3ccccc3)cc2)nc2c(C3CCNC3)c[nH]n12. The minimum Gasteiger partial charge on any atom is -0.464 e. The van der Waals surface area contributed by atoms with Gasteiger partial charge in [-0.05, 0) is 49.4 Å². The number of fused-ring (bicyclic) bond motifs is 1. The molecule has 1 unspecified atom stereocenters. The van der Waals surface area contributed by atoms with Crippen molar-refractivity contribution in [3.8, 4) is 22.8 Å².